The van der Waals surface area contributed by atoms with E-state index in [2.05, 4.69) is 9.72 Å². The predicted molar refractivity (Wildman–Crippen MR) is 80.3 cm³/mol. The standard InChI is InChI=1S/C9H7Cl2NO4.C4H11N/c1-4(13)16-8(9(14)15)5-2-6(10)12-7(11)3-5;1-4(2,3)5/h2-3,8H,1H3,(H,14,15);5H2,1-3H3. The molecule has 118 valence electrons. The van der Waals surface area contributed by atoms with Gasteiger partial charge in [0.15, 0.2) is 0 Å². The van der Waals surface area contributed by atoms with Crippen LogP contribution in [0, 0.1) is 0 Å². The van der Waals surface area contributed by atoms with E-state index in [0.717, 1.165) is 6.92 Å². The first kappa shape index (κ1) is 19.6. The van der Waals surface area contributed by atoms with Crippen LogP contribution in [0.2, 0.25) is 10.3 Å². The van der Waals surface area contributed by atoms with Gasteiger partial charge < -0.3 is 15.6 Å². The van der Waals surface area contributed by atoms with Gasteiger partial charge in [-0.3, -0.25) is 4.79 Å². The molecule has 0 aliphatic heterocycles. The van der Waals surface area contributed by atoms with Crippen molar-refractivity contribution < 1.29 is 19.4 Å². The first-order valence-corrected chi connectivity index (χ1v) is 6.67. The normalized spacial score (nSPS) is 12.0. The molecule has 1 aromatic heterocycles. The van der Waals surface area contributed by atoms with Gasteiger partial charge in [-0.15, -0.1) is 0 Å². The molecule has 0 saturated heterocycles. The molecule has 1 unspecified atom stereocenters. The zero-order chi connectivity index (χ0) is 16.8. The number of pyridine rings is 1. The average molecular weight is 337 g/mol. The number of carbonyl (C=O) groups excluding carboxylic acids is 1. The van der Waals surface area contributed by atoms with Gasteiger partial charge in [0, 0.05) is 18.0 Å². The van der Waals surface area contributed by atoms with E-state index in [0.29, 0.717) is 0 Å². The first-order chi connectivity index (χ1) is 9.40. The third-order valence-corrected chi connectivity index (χ3v) is 1.98. The second-order valence-corrected chi connectivity index (χ2v) is 6.01. The number of aromatic nitrogens is 1. The van der Waals surface area contributed by atoms with Gasteiger partial charge in [-0.25, -0.2) is 9.78 Å². The molecule has 21 heavy (non-hydrogen) atoms. The number of halogens is 2. The number of ether oxygens (including phenoxy) is 1. The molecule has 8 heteroatoms. The Morgan fingerprint density at radius 1 is 1.29 bits per heavy atom. The molecule has 0 radical (unpaired) electrons. The van der Waals surface area contributed by atoms with Gasteiger partial charge in [0.2, 0.25) is 6.10 Å². The molecule has 1 aromatic rings. The van der Waals surface area contributed by atoms with Crippen LogP contribution in [0.1, 0.15) is 39.4 Å². The third kappa shape index (κ3) is 10.1. The lowest BCUT2D eigenvalue weighted by Crippen LogP contribution is -2.26. The lowest BCUT2D eigenvalue weighted by atomic mass is 10.1. The van der Waals surface area contributed by atoms with Crippen LogP contribution in [0.25, 0.3) is 0 Å². The van der Waals surface area contributed by atoms with Crippen LogP contribution in [-0.4, -0.2) is 27.6 Å². The maximum absolute atomic E-state index is 10.9. The molecule has 3 N–H and O–H groups in total. The summed E-state index contributed by atoms with van der Waals surface area (Å²) in [7, 11) is 0. The van der Waals surface area contributed by atoms with Crippen molar-refractivity contribution in [3.8, 4) is 0 Å². The number of aliphatic carboxylic acids is 1. The minimum atomic E-state index is -1.43. The highest BCUT2D eigenvalue weighted by Gasteiger charge is 2.24. The number of nitrogens with zero attached hydrogens (tertiary/aromatic N) is 1. The minimum Gasteiger partial charge on any atom is -0.478 e. The fourth-order valence-electron chi connectivity index (χ4n) is 1.06. The Balaban J connectivity index is 0.000000690. The molecule has 6 nitrogen and oxygen atoms in total. The minimum absolute atomic E-state index is 0. The molecule has 1 atom stereocenters. The van der Waals surface area contributed by atoms with Gasteiger partial charge in [-0.2, -0.15) is 0 Å². The van der Waals surface area contributed by atoms with Crippen LogP contribution in [0.3, 0.4) is 0 Å². The first-order valence-electron chi connectivity index (χ1n) is 5.92. The average Bonchev–Trinajstić information content (AvgIpc) is 2.21. The van der Waals surface area contributed by atoms with Crippen molar-refractivity contribution in [2.24, 2.45) is 5.73 Å². The van der Waals surface area contributed by atoms with Gasteiger partial charge >= 0.3 is 11.9 Å². The van der Waals surface area contributed by atoms with Gasteiger partial charge in [0.05, 0.1) is 0 Å². The van der Waals surface area contributed by atoms with E-state index < -0.39 is 18.0 Å². The van der Waals surface area contributed by atoms with Crippen molar-refractivity contribution in [1.29, 1.82) is 0 Å². The molecule has 0 bridgehead atoms. The summed E-state index contributed by atoms with van der Waals surface area (Å²) in [5.41, 5.74) is 5.51. The number of nitrogens with two attached hydrogens (primary N) is 1. The molecule has 0 aromatic carbocycles. The van der Waals surface area contributed by atoms with Crippen LogP contribution in [0.4, 0.5) is 0 Å². The smallest absolute Gasteiger partial charge is 0.349 e. The van der Waals surface area contributed by atoms with Gasteiger partial charge in [0.25, 0.3) is 0 Å². The van der Waals surface area contributed by atoms with Crippen molar-refractivity contribution >= 4 is 35.1 Å². The summed E-state index contributed by atoms with van der Waals surface area (Å²) in [5, 5.41) is 8.93. The van der Waals surface area contributed by atoms with Crippen molar-refractivity contribution in [1.82, 2.24) is 4.98 Å². The van der Waals surface area contributed by atoms with Crippen LogP contribution in [0.15, 0.2) is 12.1 Å². The summed E-state index contributed by atoms with van der Waals surface area (Å²) in [6, 6.07) is 2.55. The number of carboxylic acids is 1. The fraction of sp³-hybridized carbons (Fsp3) is 0.462. The molecular formula is C13H18Cl2N2O4. The molecule has 0 aliphatic carbocycles. The van der Waals surface area contributed by atoms with E-state index in [1.165, 1.54) is 12.1 Å². The zero-order valence-electron chi connectivity index (χ0n) is 12.2. The maximum Gasteiger partial charge on any atom is 0.349 e. The van der Waals surface area contributed by atoms with E-state index in [-0.39, 0.29) is 21.4 Å². The van der Waals surface area contributed by atoms with E-state index in [4.69, 9.17) is 34.0 Å². The summed E-state index contributed by atoms with van der Waals surface area (Å²) in [4.78, 5) is 25.3. The number of rotatable bonds is 3. The maximum atomic E-state index is 10.9. The highest BCUT2D eigenvalue weighted by Crippen LogP contribution is 2.23. The Morgan fingerprint density at radius 2 is 1.67 bits per heavy atom. The Kier molecular flexibility index (Phi) is 7.63. The van der Waals surface area contributed by atoms with Crippen LogP contribution in [0.5, 0.6) is 0 Å². The summed E-state index contributed by atoms with van der Waals surface area (Å²) in [6.07, 6.45) is -1.43. The number of carbonyl (C=O) groups is 2. The van der Waals surface area contributed by atoms with Crippen molar-refractivity contribution in [2.45, 2.75) is 39.3 Å². The van der Waals surface area contributed by atoms with E-state index >= 15 is 0 Å². The van der Waals surface area contributed by atoms with Crippen molar-refractivity contribution in [3.63, 3.8) is 0 Å². The fourth-order valence-corrected chi connectivity index (χ4v) is 1.54. The zero-order valence-corrected chi connectivity index (χ0v) is 13.7. The van der Waals surface area contributed by atoms with Crippen molar-refractivity contribution in [3.05, 3.63) is 28.0 Å². The summed E-state index contributed by atoms with van der Waals surface area (Å²) in [5.74, 6) is -2.02. The molecule has 0 aliphatic rings. The summed E-state index contributed by atoms with van der Waals surface area (Å²) < 4.78 is 4.62. The van der Waals surface area contributed by atoms with Crippen LogP contribution in [-0.2, 0) is 14.3 Å². The number of esters is 1. The molecule has 0 amide bonds. The van der Waals surface area contributed by atoms with E-state index in [9.17, 15) is 9.59 Å². The van der Waals surface area contributed by atoms with E-state index in [1.807, 2.05) is 20.8 Å². The Bertz CT molecular complexity index is 489. The SMILES string of the molecule is CC(=O)OC(C(=O)O)c1cc(Cl)nc(Cl)c1.CC(C)(C)N. The summed E-state index contributed by atoms with van der Waals surface area (Å²) >= 11 is 11.2. The molecule has 1 heterocycles. The van der Waals surface area contributed by atoms with E-state index in [1.54, 1.807) is 0 Å². The van der Waals surface area contributed by atoms with Gasteiger partial charge in [-0.05, 0) is 32.9 Å². The van der Waals surface area contributed by atoms with Crippen LogP contribution >= 0.6 is 23.2 Å². The number of carboxylic acid groups (broad SMARTS) is 1. The molecule has 1 rings (SSSR count). The number of hydrogen-bond donors (Lipinski definition) is 2. The van der Waals surface area contributed by atoms with Gasteiger partial charge in [-0.1, -0.05) is 23.2 Å². The lowest BCUT2D eigenvalue weighted by molar-refractivity contribution is -0.163. The predicted octanol–water partition coefficient (Wildman–Crippen LogP) is 2.82. The second kappa shape index (κ2) is 8.17. The van der Waals surface area contributed by atoms with Crippen molar-refractivity contribution in [2.75, 3.05) is 0 Å². The Morgan fingerprint density at radius 3 is 1.95 bits per heavy atom. The number of hydrogen-bond acceptors (Lipinski definition) is 5. The highest BCUT2D eigenvalue weighted by atomic mass is 35.5. The third-order valence-electron chi connectivity index (χ3n) is 1.60. The topological polar surface area (TPSA) is 103 Å². The quantitative estimate of drug-likeness (QED) is 0.649. The molecular weight excluding hydrogens is 319 g/mol. The Hall–Kier alpha value is -1.37. The van der Waals surface area contributed by atoms with Gasteiger partial charge in [0.1, 0.15) is 10.3 Å². The highest BCUT2D eigenvalue weighted by molar-refractivity contribution is 6.32. The Labute approximate surface area is 133 Å². The molecule has 0 spiro atoms. The van der Waals surface area contributed by atoms with Crippen LogP contribution < -0.4 is 5.73 Å². The molecule has 0 saturated carbocycles. The molecule has 0 fully saturated rings. The monoisotopic (exact) mass is 336 g/mol. The largest absolute Gasteiger partial charge is 0.478 e. The second-order valence-electron chi connectivity index (χ2n) is 5.24. The lowest BCUT2D eigenvalue weighted by Gasteiger charge is -2.12. The summed E-state index contributed by atoms with van der Waals surface area (Å²) in [6.45, 7) is 7.01.